The molecule has 6 heteroatoms. The number of likely N-dealkylation sites (N-methyl/N-ethyl adjacent to an activating group) is 1. The zero-order valence-corrected chi connectivity index (χ0v) is 19.3. The maximum Gasteiger partial charge on any atom is 0.124 e. The summed E-state index contributed by atoms with van der Waals surface area (Å²) < 4.78 is 1.22. The number of nitrogens with zero attached hydrogens (tertiary/aromatic N) is 5. The molecule has 162 valence electrons. The van der Waals surface area contributed by atoms with Crippen LogP contribution in [0.5, 0.6) is 0 Å². The molecule has 1 aromatic heterocycles. The van der Waals surface area contributed by atoms with Gasteiger partial charge in [0.2, 0.25) is 0 Å². The maximum absolute atomic E-state index is 4.76. The summed E-state index contributed by atoms with van der Waals surface area (Å²) in [5.41, 5.74) is 6.75. The van der Waals surface area contributed by atoms with Crippen molar-refractivity contribution in [3.8, 4) is 10.6 Å². The van der Waals surface area contributed by atoms with Gasteiger partial charge in [0.25, 0.3) is 0 Å². The Morgan fingerprint density at radius 2 is 1.66 bits per heavy atom. The average Bonchev–Trinajstić information content (AvgIpc) is 3.24. The van der Waals surface area contributed by atoms with Crippen LogP contribution >= 0.6 is 11.3 Å². The average molecular weight is 442 g/mol. The van der Waals surface area contributed by atoms with Gasteiger partial charge in [0.1, 0.15) is 5.01 Å². The molecule has 3 aromatic carbocycles. The molecule has 0 aliphatic carbocycles. The molecule has 0 saturated carbocycles. The molecule has 0 unspecified atom stereocenters. The van der Waals surface area contributed by atoms with Crippen molar-refractivity contribution in [3.63, 3.8) is 0 Å². The van der Waals surface area contributed by atoms with Crippen LogP contribution < -0.4 is 4.90 Å². The highest BCUT2D eigenvalue weighted by Gasteiger charge is 2.13. The van der Waals surface area contributed by atoms with E-state index in [1.807, 2.05) is 12.1 Å². The second kappa shape index (κ2) is 9.18. The first-order valence-electron chi connectivity index (χ1n) is 11.0. The van der Waals surface area contributed by atoms with E-state index >= 15 is 0 Å². The quantitative estimate of drug-likeness (QED) is 0.341. The molecule has 4 aromatic rings. The third-order valence-electron chi connectivity index (χ3n) is 5.90. The summed E-state index contributed by atoms with van der Waals surface area (Å²) in [7, 11) is 2.18. The highest BCUT2D eigenvalue weighted by molar-refractivity contribution is 7.21. The van der Waals surface area contributed by atoms with Crippen molar-refractivity contribution in [1.82, 2.24) is 9.88 Å². The zero-order valence-electron chi connectivity index (χ0n) is 18.5. The monoisotopic (exact) mass is 441 g/mol. The Bertz CT molecular complexity index is 1220. The third-order valence-corrected chi connectivity index (χ3v) is 6.97. The summed E-state index contributed by atoms with van der Waals surface area (Å²) in [5, 5.41) is 9.84. The molecule has 0 N–H and O–H groups in total. The largest absolute Gasteiger partial charge is 0.369 e. The Labute approximate surface area is 193 Å². The Morgan fingerprint density at radius 1 is 0.906 bits per heavy atom. The second-order valence-corrected chi connectivity index (χ2v) is 9.42. The Kier molecular flexibility index (Phi) is 5.97. The van der Waals surface area contributed by atoms with Crippen molar-refractivity contribution in [2.24, 2.45) is 10.2 Å². The van der Waals surface area contributed by atoms with E-state index < -0.39 is 0 Å². The maximum atomic E-state index is 4.76. The SMILES string of the molecule is Cc1ccc2nc(-c3ccc(N=NCc4ccc(N5CCN(C)CC5)cc4)cc3)sc2c1. The summed E-state index contributed by atoms with van der Waals surface area (Å²) in [6.45, 7) is 7.10. The molecule has 5 rings (SSSR count). The lowest BCUT2D eigenvalue weighted by molar-refractivity contribution is 0.313. The van der Waals surface area contributed by atoms with Crippen LogP contribution in [0.4, 0.5) is 11.4 Å². The summed E-state index contributed by atoms with van der Waals surface area (Å²) in [4.78, 5) is 9.58. The van der Waals surface area contributed by atoms with E-state index in [9.17, 15) is 0 Å². The van der Waals surface area contributed by atoms with Crippen molar-refractivity contribution in [2.45, 2.75) is 13.5 Å². The number of aryl methyl sites for hydroxylation is 1. The van der Waals surface area contributed by atoms with Gasteiger partial charge < -0.3 is 9.80 Å². The van der Waals surface area contributed by atoms with Crippen molar-refractivity contribution >= 4 is 32.9 Å². The van der Waals surface area contributed by atoms with Crippen molar-refractivity contribution in [2.75, 3.05) is 38.1 Å². The van der Waals surface area contributed by atoms with E-state index in [0.717, 1.165) is 48.0 Å². The minimum atomic E-state index is 0.585. The van der Waals surface area contributed by atoms with Crippen LogP contribution in [-0.2, 0) is 6.54 Å². The highest BCUT2D eigenvalue weighted by Crippen LogP contribution is 2.31. The standard InChI is InChI=1S/C26H27N5S/c1-19-3-12-24-25(17-19)32-26(28-24)21-6-8-22(9-7-21)29-27-18-20-4-10-23(11-5-20)31-15-13-30(2)14-16-31/h3-12,17H,13-16,18H2,1-2H3. The van der Waals surface area contributed by atoms with Crippen LogP contribution in [0.1, 0.15) is 11.1 Å². The smallest absolute Gasteiger partial charge is 0.124 e. The zero-order chi connectivity index (χ0) is 21.9. The van der Waals surface area contributed by atoms with Crippen molar-refractivity contribution < 1.29 is 0 Å². The molecular weight excluding hydrogens is 414 g/mol. The first-order valence-corrected chi connectivity index (χ1v) is 11.8. The normalized spacial score (nSPS) is 15.1. The molecule has 0 amide bonds. The van der Waals surface area contributed by atoms with Crippen LogP contribution in [0.25, 0.3) is 20.8 Å². The van der Waals surface area contributed by atoms with E-state index in [1.165, 1.54) is 21.5 Å². The fourth-order valence-corrected chi connectivity index (χ4v) is 4.97. The van der Waals surface area contributed by atoms with Crippen molar-refractivity contribution in [3.05, 3.63) is 77.9 Å². The van der Waals surface area contributed by atoms with Gasteiger partial charge in [-0.1, -0.05) is 18.2 Å². The summed E-state index contributed by atoms with van der Waals surface area (Å²) in [5.74, 6) is 0. The van der Waals surface area contributed by atoms with Gasteiger partial charge in [-0.05, 0) is 73.6 Å². The van der Waals surface area contributed by atoms with Crippen LogP contribution in [0.2, 0.25) is 0 Å². The van der Waals surface area contributed by atoms with Gasteiger partial charge in [0.15, 0.2) is 0 Å². The lowest BCUT2D eigenvalue weighted by Gasteiger charge is -2.34. The number of thiazole rings is 1. The molecule has 1 aliphatic heterocycles. The van der Waals surface area contributed by atoms with Gasteiger partial charge in [0.05, 0.1) is 22.4 Å². The Hall–Kier alpha value is -3.09. The van der Waals surface area contributed by atoms with Crippen LogP contribution in [-0.4, -0.2) is 43.1 Å². The van der Waals surface area contributed by atoms with Crippen molar-refractivity contribution in [1.29, 1.82) is 0 Å². The number of anilines is 1. The fourth-order valence-electron chi connectivity index (χ4n) is 3.90. The van der Waals surface area contributed by atoms with Crippen LogP contribution in [0.3, 0.4) is 0 Å². The van der Waals surface area contributed by atoms with E-state index in [-0.39, 0.29) is 0 Å². The minimum absolute atomic E-state index is 0.585. The molecule has 0 spiro atoms. The lowest BCUT2D eigenvalue weighted by atomic mass is 10.2. The predicted molar refractivity (Wildman–Crippen MR) is 134 cm³/mol. The number of fused-ring (bicyclic) bond motifs is 1. The van der Waals surface area contributed by atoms with Gasteiger partial charge in [0, 0.05) is 37.4 Å². The van der Waals surface area contributed by atoms with Gasteiger partial charge in [-0.25, -0.2) is 4.98 Å². The predicted octanol–water partition coefficient (Wildman–Crippen LogP) is 6.31. The molecule has 1 saturated heterocycles. The van der Waals surface area contributed by atoms with Crippen LogP contribution in [0, 0.1) is 6.92 Å². The summed E-state index contributed by atoms with van der Waals surface area (Å²) in [6.07, 6.45) is 0. The Morgan fingerprint density at radius 3 is 2.41 bits per heavy atom. The molecule has 0 atom stereocenters. The molecule has 32 heavy (non-hydrogen) atoms. The number of piperazine rings is 1. The number of hydrogen-bond acceptors (Lipinski definition) is 6. The molecule has 1 fully saturated rings. The Balaban J connectivity index is 1.20. The fraction of sp³-hybridized carbons (Fsp3) is 0.269. The first-order chi connectivity index (χ1) is 15.6. The lowest BCUT2D eigenvalue weighted by Crippen LogP contribution is -2.44. The number of aromatic nitrogens is 1. The molecule has 1 aliphatic rings. The first kappa shape index (κ1) is 20.8. The number of benzene rings is 3. The summed E-state index contributed by atoms with van der Waals surface area (Å²) in [6, 6.07) is 23.3. The summed E-state index contributed by atoms with van der Waals surface area (Å²) >= 11 is 1.73. The topological polar surface area (TPSA) is 44.1 Å². The van der Waals surface area contributed by atoms with Gasteiger partial charge in [-0.3, -0.25) is 0 Å². The number of azo groups is 1. The molecule has 2 heterocycles. The van der Waals surface area contributed by atoms with E-state index in [2.05, 4.69) is 88.6 Å². The van der Waals surface area contributed by atoms with Crippen LogP contribution in [0.15, 0.2) is 77.0 Å². The second-order valence-electron chi connectivity index (χ2n) is 8.39. The number of hydrogen-bond donors (Lipinski definition) is 0. The van der Waals surface area contributed by atoms with Gasteiger partial charge in [-0.15, -0.1) is 11.3 Å². The molecule has 0 radical (unpaired) electrons. The third kappa shape index (κ3) is 4.71. The minimum Gasteiger partial charge on any atom is -0.369 e. The number of rotatable bonds is 5. The van der Waals surface area contributed by atoms with E-state index in [4.69, 9.17) is 4.98 Å². The van der Waals surface area contributed by atoms with Gasteiger partial charge in [-0.2, -0.15) is 10.2 Å². The van der Waals surface area contributed by atoms with E-state index in [1.54, 1.807) is 11.3 Å². The van der Waals surface area contributed by atoms with E-state index in [0.29, 0.717) is 6.54 Å². The highest BCUT2D eigenvalue weighted by atomic mass is 32.1. The van der Waals surface area contributed by atoms with Gasteiger partial charge >= 0.3 is 0 Å². The molecular formula is C26H27N5S. The molecule has 5 nitrogen and oxygen atoms in total. The molecule has 0 bridgehead atoms.